The maximum absolute atomic E-state index is 6.05. The van der Waals surface area contributed by atoms with Gasteiger partial charge in [-0.1, -0.05) is 35.9 Å². The van der Waals surface area contributed by atoms with Gasteiger partial charge in [-0.15, -0.1) is 0 Å². The minimum absolute atomic E-state index is 0.00373. The van der Waals surface area contributed by atoms with Crippen LogP contribution in [-0.4, -0.2) is 7.05 Å². The van der Waals surface area contributed by atoms with E-state index < -0.39 is 0 Å². The monoisotopic (exact) mass is 349 g/mol. The van der Waals surface area contributed by atoms with E-state index in [4.69, 9.17) is 16.0 Å². The van der Waals surface area contributed by atoms with E-state index in [-0.39, 0.29) is 6.04 Å². The van der Waals surface area contributed by atoms with Crippen molar-refractivity contribution < 1.29 is 4.42 Å². The van der Waals surface area contributed by atoms with E-state index in [0.717, 1.165) is 26.8 Å². The van der Waals surface area contributed by atoms with E-state index in [1.165, 1.54) is 0 Å². The molecule has 2 aromatic carbocycles. The lowest BCUT2D eigenvalue weighted by Gasteiger charge is -2.14. The molecule has 0 amide bonds. The molecule has 0 aliphatic carbocycles. The van der Waals surface area contributed by atoms with Gasteiger partial charge in [0, 0.05) is 9.86 Å². The number of rotatable bonds is 3. The first-order valence-corrected chi connectivity index (χ1v) is 7.47. The average molecular weight is 351 g/mol. The third-order valence-electron chi connectivity index (χ3n) is 3.29. The van der Waals surface area contributed by atoms with E-state index >= 15 is 0 Å². The number of hydrogen-bond donors (Lipinski definition) is 1. The van der Waals surface area contributed by atoms with E-state index in [1.54, 1.807) is 0 Å². The van der Waals surface area contributed by atoms with Gasteiger partial charge < -0.3 is 9.73 Å². The van der Waals surface area contributed by atoms with Gasteiger partial charge in [0.25, 0.3) is 0 Å². The molecule has 0 radical (unpaired) electrons. The van der Waals surface area contributed by atoms with E-state index in [1.807, 2.05) is 49.5 Å². The summed E-state index contributed by atoms with van der Waals surface area (Å²) in [6.45, 7) is 0. The van der Waals surface area contributed by atoms with Crippen molar-refractivity contribution >= 4 is 38.5 Å². The van der Waals surface area contributed by atoms with Crippen LogP contribution >= 0.6 is 27.5 Å². The zero-order valence-electron chi connectivity index (χ0n) is 10.9. The molecule has 0 bridgehead atoms. The molecule has 0 aliphatic heterocycles. The van der Waals surface area contributed by atoms with E-state index in [2.05, 4.69) is 27.3 Å². The SMILES string of the molecule is CNC(c1ccc(Cl)c(Br)c1)c1cc2ccccc2o1. The summed E-state index contributed by atoms with van der Waals surface area (Å²) in [7, 11) is 1.92. The Bertz CT molecular complexity index is 720. The standard InChI is InChI=1S/C16H13BrClNO/c1-19-16(11-6-7-13(18)12(17)8-11)15-9-10-4-2-3-5-14(10)20-15/h2-9,16,19H,1H3. The number of benzene rings is 2. The van der Waals surface area contributed by atoms with Crippen LogP contribution in [0, 0.1) is 0 Å². The molecule has 1 heterocycles. The van der Waals surface area contributed by atoms with Crippen molar-refractivity contribution in [1.82, 2.24) is 5.32 Å². The van der Waals surface area contributed by atoms with Crippen molar-refractivity contribution in [3.8, 4) is 0 Å². The van der Waals surface area contributed by atoms with Crippen LogP contribution in [0.15, 0.2) is 57.4 Å². The first-order chi connectivity index (χ1) is 9.69. The van der Waals surface area contributed by atoms with Crippen LogP contribution in [0.1, 0.15) is 17.4 Å². The fourth-order valence-electron chi connectivity index (χ4n) is 2.31. The summed E-state index contributed by atoms with van der Waals surface area (Å²) in [5.41, 5.74) is 2.00. The molecule has 102 valence electrons. The Morgan fingerprint density at radius 2 is 1.95 bits per heavy atom. The molecule has 3 rings (SSSR count). The van der Waals surface area contributed by atoms with Crippen LogP contribution in [0.3, 0.4) is 0 Å². The molecule has 3 aromatic rings. The zero-order chi connectivity index (χ0) is 14.1. The number of hydrogen-bond acceptors (Lipinski definition) is 2. The molecular weight excluding hydrogens is 338 g/mol. The highest BCUT2D eigenvalue weighted by Crippen LogP contribution is 2.31. The predicted molar refractivity (Wildman–Crippen MR) is 86.3 cm³/mol. The molecular formula is C16H13BrClNO. The molecule has 1 aromatic heterocycles. The smallest absolute Gasteiger partial charge is 0.134 e. The number of para-hydroxylation sites is 1. The van der Waals surface area contributed by atoms with Crippen LogP contribution in [0.25, 0.3) is 11.0 Å². The van der Waals surface area contributed by atoms with Gasteiger partial charge in [0.15, 0.2) is 0 Å². The molecule has 1 unspecified atom stereocenters. The molecule has 0 saturated carbocycles. The van der Waals surface area contributed by atoms with Gasteiger partial charge in [0.1, 0.15) is 11.3 Å². The Morgan fingerprint density at radius 1 is 1.15 bits per heavy atom. The first-order valence-electron chi connectivity index (χ1n) is 6.29. The lowest BCUT2D eigenvalue weighted by molar-refractivity contribution is 0.491. The minimum atomic E-state index is -0.00373. The van der Waals surface area contributed by atoms with Gasteiger partial charge in [0.2, 0.25) is 0 Å². The summed E-state index contributed by atoms with van der Waals surface area (Å²) in [5, 5.41) is 5.09. The predicted octanol–water partition coefficient (Wildman–Crippen LogP) is 5.16. The summed E-state index contributed by atoms with van der Waals surface area (Å²) >= 11 is 9.51. The average Bonchev–Trinajstić information content (AvgIpc) is 2.87. The Morgan fingerprint density at radius 3 is 2.65 bits per heavy atom. The van der Waals surface area contributed by atoms with Gasteiger partial charge >= 0.3 is 0 Å². The fraction of sp³-hybridized carbons (Fsp3) is 0.125. The molecule has 20 heavy (non-hydrogen) atoms. The number of halogens is 2. The Labute approximate surface area is 130 Å². The van der Waals surface area contributed by atoms with E-state index in [9.17, 15) is 0 Å². The van der Waals surface area contributed by atoms with Crippen LogP contribution in [-0.2, 0) is 0 Å². The zero-order valence-corrected chi connectivity index (χ0v) is 13.2. The van der Waals surface area contributed by atoms with Gasteiger partial charge in [-0.3, -0.25) is 0 Å². The number of furan rings is 1. The normalized spacial score (nSPS) is 12.8. The van der Waals surface area contributed by atoms with Crippen molar-refractivity contribution in [2.75, 3.05) is 7.05 Å². The quantitative estimate of drug-likeness (QED) is 0.706. The van der Waals surface area contributed by atoms with Crippen molar-refractivity contribution in [1.29, 1.82) is 0 Å². The van der Waals surface area contributed by atoms with Gasteiger partial charge in [-0.25, -0.2) is 0 Å². The molecule has 0 aliphatic rings. The third-order valence-corrected chi connectivity index (χ3v) is 4.51. The van der Waals surface area contributed by atoms with Gasteiger partial charge in [0.05, 0.1) is 11.1 Å². The first kappa shape index (κ1) is 13.7. The van der Waals surface area contributed by atoms with Crippen molar-refractivity contribution in [3.63, 3.8) is 0 Å². The molecule has 1 atom stereocenters. The molecule has 2 nitrogen and oxygen atoms in total. The lowest BCUT2D eigenvalue weighted by atomic mass is 10.0. The number of nitrogens with one attached hydrogen (secondary N) is 1. The highest BCUT2D eigenvalue weighted by atomic mass is 79.9. The molecule has 0 spiro atoms. The summed E-state index contributed by atoms with van der Waals surface area (Å²) in [4.78, 5) is 0. The largest absolute Gasteiger partial charge is 0.459 e. The molecule has 1 N–H and O–H groups in total. The Hall–Kier alpha value is -1.29. The maximum Gasteiger partial charge on any atom is 0.134 e. The summed E-state index contributed by atoms with van der Waals surface area (Å²) < 4.78 is 6.82. The summed E-state index contributed by atoms with van der Waals surface area (Å²) in [5.74, 6) is 0.892. The molecule has 0 fully saturated rings. The number of fused-ring (bicyclic) bond motifs is 1. The van der Waals surface area contributed by atoms with Crippen LogP contribution in [0.2, 0.25) is 5.02 Å². The fourth-order valence-corrected chi connectivity index (χ4v) is 2.82. The minimum Gasteiger partial charge on any atom is -0.459 e. The second-order valence-electron chi connectivity index (χ2n) is 4.58. The lowest BCUT2D eigenvalue weighted by Crippen LogP contribution is -2.16. The molecule has 0 saturated heterocycles. The van der Waals surface area contributed by atoms with Gasteiger partial charge in [-0.2, -0.15) is 0 Å². The molecule has 4 heteroatoms. The maximum atomic E-state index is 6.05. The van der Waals surface area contributed by atoms with Crippen LogP contribution < -0.4 is 5.32 Å². The summed E-state index contributed by atoms with van der Waals surface area (Å²) in [6, 6.07) is 16.0. The van der Waals surface area contributed by atoms with Crippen LogP contribution in [0.5, 0.6) is 0 Å². The topological polar surface area (TPSA) is 25.2 Å². The second-order valence-corrected chi connectivity index (χ2v) is 5.84. The van der Waals surface area contributed by atoms with Crippen LogP contribution in [0.4, 0.5) is 0 Å². The Balaban J connectivity index is 2.06. The highest BCUT2D eigenvalue weighted by molar-refractivity contribution is 9.10. The Kier molecular flexibility index (Phi) is 3.83. The van der Waals surface area contributed by atoms with E-state index in [0.29, 0.717) is 5.02 Å². The highest BCUT2D eigenvalue weighted by Gasteiger charge is 2.17. The van der Waals surface area contributed by atoms with Crippen molar-refractivity contribution in [2.45, 2.75) is 6.04 Å². The van der Waals surface area contributed by atoms with Gasteiger partial charge in [-0.05, 0) is 52.8 Å². The van der Waals surface area contributed by atoms with Crippen molar-refractivity contribution in [3.05, 3.63) is 69.3 Å². The third kappa shape index (κ3) is 2.49. The van der Waals surface area contributed by atoms with Crippen molar-refractivity contribution in [2.24, 2.45) is 0 Å². The second kappa shape index (κ2) is 5.60. The summed E-state index contributed by atoms with van der Waals surface area (Å²) in [6.07, 6.45) is 0.